The van der Waals surface area contributed by atoms with Crippen LogP contribution >= 0.6 is 0 Å². The molecule has 3 N–H and O–H groups in total. The summed E-state index contributed by atoms with van der Waals surface area (Å²) in [4.78, 5) is 14.0. The van der Waals surface area contributed by atoms with E-state index in [-0.39, 0.29) is 11.9 Å². The van der Waals surface area contributed by atoms with E-state index in [4.69, 9.17) is 14.9 Å². The molecule has 0 saturated carbocycles. The van der Waals surface area contributed by atoms with Crippen LogP contribution in [0.3, 0.4) is 0 Å². The molecule has 112 valence electrons. The average Bonchev–Trinajstić information content (AvgIpc) is 2.87. The highest BCUT2D eigenvalue weighted by molar-refractivity contribution is 5.85. The molecule has 0 spiro atoms. The van der Waals surface area contributed by atoms with Gasteiger partial charge < -0.3 is 25.1 Å². The van der Waals surface area contributed by atoms with Crippen molar-refractivity contribution in [3.05, 3.63) is 5.89 Å². The van der Waals surface area contributed by atoms with Crippen LogP contribution in [0.15, 0.2) is 4.42 Å². The van der Waals surface area contributed by atoms with E-state index < -0.39 is 6.04 Å². The van der Waals surface area contributed by atoms with Crippen molar-refractivity contribution in [2.45, 2.75) is 32.4 Å². The van der Waals surface area contributed by atoms with Gasteiger partial charge in [-0.2, -0.15) is 0 Å². The van der Waals surface area contributed by atoms with Crippen molar-refractivity contribution in [1.29, 1.82) is 0 Å². The second kappa shape index (κ2) is 6.67. The second-order valence-electron chi connectivity index (χ2n) is 4.96. The van der Waals surface area contributed by atoms with Gasteiger partial charge in [0.25, 0.3) is 0 Å². The summed E-state index contributed by atoms with van der Waals surface area (Å²) in [6, 6.07) is -0.0280. The van der Waals surface area contributed by atoms with E-state index in [1.807, 2.05) is 13.8 Å². The van der Waals surface area contributed by atoms with Gasteiger partial charge in [0.05, 0.1) is 13.2 Å². The summed E-state index contributed by atoms with van der Waals surface area (Å²) < 4.78 is 10.9. The number of amides is 1. The second-order valence-corrected chi connectivity index (χ2v) is 4.96. The van der Waals surface area contributed by atoms with Gasteiger partial charge >= 0.3 is 6.01 Å². The van der Waals surface area contributed by atoms with E-state index in [1.165, 1.54) is 0 Å². The number of anilines is 1. The molecule has 1 fully saturated rings. The van der Waals surface area contributed by atoms with Crippen LogP contribution in [0.5, 0.6) is 0 Å². The summed E-state index contributed by atoms with van der Waals surface area (Å²) in [5, 5.41) is 10.8. The average molecular weight is 283 g/mol. The van der Waals surface area contributed by atoms with Crippen molar-refractivity contribution < 1.29 is 13.9 Å². The third-order valence-corrected chi connectivity index (χ3v) is 2.92. The minimum absolute atomic E-state index is 0.0711. The van der Waals surface area contributed by atoms with E-state index >= 15 is 0 Å². The van der Waals surface area contributed by atoms with Crippen LogP contribution in [0.25, 0.3) is 0 Å². The van der Waals surface area contributed by atoms with Gasteiger partial charge in [-0.3, -0.25) is 4.79 Å². The molecule has 8 heteroatoms. The van der Waals surface area contributed by atoms with Crippen LogP contribution in [0.1, 0.15) is 19.7 Å². The molecule has 0 bridgehead atoms. The van der Waals surface area contributed by atoms with E-state index in [2.05, 4.69) is 15.5 Å². The zero-order chi connectivity index (χ0) is 14.5. The lowest BCUT2D eigenvalue weighted by atomic mass is 10.2. The van der Waals surface area contributed by atoms with Crippen molar-refractivity contribution >= 4 is 11.9 Å². The number of nitrogens with one attached hydrogen (secondary N) is 1. The Hall–Kier alpha value is -1.67. The topological polar surface area (TPSA) is 107 Å². The molecule has 1 amide bonds. The number of nitrogens with two attached hydrogens (primary N) is 1. The fraction of sp³-hybridized carbons (Fsp3) is 0.750. The van der Waals surface area contributed by atoms with Crippen LogP contribution in [0, 0.1) is 0 Å². The quantitative estimate of drug-likeness (QED) is 0.736. The smallest absolute Gasteiger partial charge is 0.319 e. The molecule has 0 radical (unpaired) electrons. The molecule has 1 unspecified atom stereocenters. The van der Waals surface area contributed by atoms with Crippen molar-refractivity contribution in [2.75, 3.05) is 31.2 Å². The van der Waals surface area contributed by atoms with E-state index in [0.29, 0.717) is 44.6 Å². The van der Waals surface area contributed by atoms with E-state index in [9.17, 15) is 4.79 Å². The van der Waals surface area contributed by atoms with E-state index in [1.54, 1.807) is 4.90 Å². The van der Waals surface area contributed by atoms with E-state index in [0.717, 1.165) is 0 Å². The van der Waals surface area contributed by atoms with Gasteiger partial charge in [0.15, 0.2) is 0 Å². The summed E-state index contributed by atoms with van der Waals surface area (Å²) in [5.41, 5.74) is 5.45. The summed E-state index contributed by atoms with van der Waals surface area (Å²) in [7, 11) is 0. The molecule has 2 heterocycles. The fourth-order valence-electron chi connectivity index (χ4n) is 2.02. The normalized spacial score (nSPS) is 19.4. The number of rotatable bonds is 5. The lowest BCUT2D eigenvalue weighted by Gasteiger charge is -2.33. The van der Waals surface area contributed by atoms with Gasteiger partial charge in [-0.05, 0) is 13.8 Å². The number of carbonyl (C=O) groups excluding carboxylic acids is 1. The maximum atomic E-state index is 12.2. The lowest BCUT2D eigenvalue weighted by molar-refractivity contribution is -0.125. The third-order valence-electron chi connectivity index (χ3n) is 2.92. The fourth-order valence-corrected chi connectivity index (χ4v) is 2.02. The number of hydrogen-bond acceptors (Lipinski definition) is 7. The molecular weight excluding hydrogens is 262 g/mol. The molecule has 8 nitrogen and oxygen atoms in total. The van der Waals surface area contributed by atoms with Crippen LogP contribution in [0.2, 0.25) is 0 Å². The molecule has 1 aromatic heterocycles. The van der Waals surface area contributed by atoms with Crippen LogP contribution in [-0.2, 0) is 16.0 Å². The molecule has 1 aliphatic rings. The third kappa shape index (κ3) is 3.45. The standard InChI is InChI=1S/C12H21N5O3/c1-8(2)14-11(18)9-7-19-6-5-17(9)12-16-15-10(20-12)3-4-13/h8-9H,3-7,13H2,1-2H3,(H,14,18). The monoisotopic (exact) mass is 283 g/mol. The van der Waals surface area contributed by atoms with Crippen molar-refractivity contribution in [3.63, 3.8) is 0 Å². The number of carbonyl (C=O) groups is 1. The predicted octanol–water partition coefficient (Wildman–Crippen LogP) is -0.699. The van der Waals surface area contributed by atoms with Crippen molar-refractivity contribution in [3.8, 4) is 0 Å². The van der Waals surface area contributed by atoms with Crippen molar-refractivity contribution in [1.82, 2.24) is 15.5 Å². The molecule has 1 atom stereocenters. The Bertz CT molecular complexity index is 448. The molecule has 0 aromatic carbocycles. The first-order valence-corrected chi connectivity index (χ1v) is 6.79. The van der Waals surface area contributed by atoms with Crippen LogP contribution < -0.4 is 16.0 Å². The number of aromatic nitrogens is 2. The van der Waals surface area contributed by atoms with Crippen LogP contribution in [0.4, 0.5) is 6.01 Å². The minimum atomic E-state index is -0.447. The Morgan fingerprint density at radius 1 is 1.55 bits per heavy atom. The van der Waals surface area contributed by atoms with Crippen LogP contribution in [-0.4, -0.2) is 54.5 Å². The Labute approximate surface area is 117 Å². The molecule has 1 aromatic rings. The summed E-state index contributed by atoms with van der Waals surface area (Å²) in [6.45, 7) is 5.66. The van der Waals surface area contributed by atoms with Gasteiger partial charge in [-0.15, -0.1) is 5.10 Å². The molecule has 1 saturated heterocycles. The Balaban J connectivity index is 2.11. The first-order chi connectivity index (χ1) is 9.61. The Morgan fingerprint density at radius 3 is 3.05 bits per heavy atom. The Morgan fingerprint density at radius 2 is 2.35 bits per heavy atom. The first kappa shape index (κ1) is 14.7. The molecule has 20 heavy (non-hydrogen) atoms. The maximum Gasteiger partial charge on any atom is 0.319 e. The number of morpholine rings is 1. The van der Waals surface area contributed by atoms with Gasteiger partial charge in [-0.25, -0.2) is 0 Å². The van der Waals surface area contributed by atoms with Crippen molar-refractivity contribution in [2.24, 2.45) is 5.73 Å². The molecule has 1 aliphatic heterocycles. The summed E-state index contributed by atoms with van der Waals surface area (Å²) in [6.07, 6.45) is 0.528. The molecular formula is C12H21N5O3. The number of hydrogen-bond donors (Lipinski definition) is 2. The SMILES string of the molecule is CC(C)NC(=O)C1COCCN1c1nnc(CCN)o1. The highest BCUT2D eigenvalue weighted by Crippen LogP contribution is 2.18. The molecule has 2 rings (SSSR count). The highest BCUT2D eigenvalue weighted by atomic mass is 16.5. The Kier molecular flexibility index (Phi) is 4.91. The molecule has 0 aliphatic carbocycles. The highest BCUT2D eigenvalue weighted by Gasteiger charge is 2.33. The summed E-state index contributed by atoms with van der Waals surface area (Å²) in [5.74, 6) is 0.385. The largest absolute Gasteiger partial charge is 0.408 e. The maximum absolute atomic E-state index is 12.2. The lowest BCUT2D eigenvalue weighted by Crippen LogP contribution is -2.55. The zero-order valence-electron chi connectivity index (χ0n) is 11.8. The van der Waals surface area contributed by atoms with Gasteiger partial charge in [0.2, 0.25) is 11.8 Å². The minimum Gasteiger partial charge on any atom is -0.408 e. The predicted molar refractivity (Wildman–Crippen MR) is 72.3 cm³/mol. The van der Waals surface area contributed by atoms with Gasteiger partial charge in [-0.1, -0.05) is 5.10 Å². The number of ether oxygens (including phenoxy) is 1. The van der Waals surface area contributed by atoms with Gasteiger partial charge in [0, 0.05) is 25.6 Å². The zero-order valence-corrected chi connectivity index (χ0v) is 11.8. The first-order valence-electron chi connectivity index (χ1n) is 6.79. The summed E-state index contributed by atoms with van der Waals surface area (Å²) >= 11 is 0. The number of nitrogens with zero attached hydrogens (tertiary/aromatic N) is 3. The van der Waals surface area contributed by atoms with Gasteiger partial charge in [0.1, 0.15) is 6.04 Å².